The number of phenolic OH excluding ortho intramolecular Hbond substituents is 1. The molecule has 0 spiro atoms. The Labute approximate surface area is 106 Å². The summed E-state index contributed by atoms with van der Waals surface area (Å²) in [5, 5.41) is 9.25. The van der Waals surface area contributed by atoms with Gasteiger partial charge in [0.25, 0.3) is 0 Å². The van der Waals surface area contributed by atoms with E-state index in [1.54, 1.807) is 12.1 Å². The number of rotatable bonds is 2. The van der Waals surface area contributed by atoms with Gasteiger partial charge in [-0.25, -0.2) is 0 Å². The zero-order valence-electron chi connectivity index (χ0n) is 10.2. The smallest absolute Gasteiger partial charge is 0.226 e. The van der Waals surface area contributed by atoms with Gasteiger partial charge in [0.2, 0.25) is 5.91 Å². The van der Waals surface area contributed by atoms with Crippen molar-refractivity contribution in [3.8, 4) is 5.75 Å². The molecule has 2 unspecified atom stereocenters. The molecule has 1 amide bonds. The monoisotopic (exact) mass is 247 g/mol. The number of morpholine rings is 1. The highest BCUT2D eigenvalue weighted by molar-refractivity contribution is 5.83. The second kappa shape index (κ2) is 4.61. The molecule has 0 aromatic heterocycles. The van der Waals surface area contributed by atoms with Crippen LogP contribution in [0.1, 0.15) is 17.9 Å². The molecule has 1 saturated heterocycles. The Morgan fingerprint density at radius 1 is 1.22 bits per heavy atom. The normalized spacial score (nSPS) is 27.0. The highest BCUT2D eigenvalue weighted by Crippen LogP contribution is 2.48. The molecule has 0 bridgehead atoms. The number of aromatic hydroxyl groups is 1. The molecule has 96 valence electrons. The van der Waals surface area contributed by atoms with E-state index in [2.05, 4.69) is 0 Å². The number of carbonyl (C=O) groups excluding carboxylic acids is 1. The maximum atomic E-state index is 12.2. The van der Waals surface area contributed by atoms with E-state index in [9.17, 15) is 9.90 Å². The highest BCUT2D eigenvalue weighted by atomic mass is 16.5. The summed E-state index contributed by atoms with van der Waals surface area (Å²) in [5.41, 5.74) is 1.15. The van der Waals surface area contributed by atoms with Crippen LogP contribution in [0, 0.1) is 5.92 Å². The van der Waals surface area contributed by atoms with E-state index in [0.717, 1.165) is 25.1 Å². The van der Waals surface area contributed by atoms with Crippen molar-refractivity contribution in [3.63, 3.8) is 0 Å². The minimum absolute atomic E-state index is 0.132. The van der Waals surface area contributed by atoms with Gasteiger partial charge in [0.1, 0.15) is 5.75 Å². The predicted octanol–water partition coefficient (Wildman–Crippen LogP) is 1.35. The number of nitrogens with zero attached hydrogens (tertiary/aromatic N) is 1. The van der Waals surface area contributed by atoms with Crippen LogP contribution in [-0.2, 0) is 9.53 Å². The van der Waals surface area contributed by atoms with Gasteiger partial charge in [-0.1, -0.05) is 12.1 Å². The average molecular weight is 247 g/mol. The first kappa shape index (κ1) is 11.5. The van der Waals surface area contributed by atoms with Crippen molar-refractivity contribution in [3.05, 3.63) is 29.8 Å². The molecule has 2 fully saturated rings. The standard InChI is InChI=1S/C14H17NO3/c16-11-3-1-10(2-4-11)12-9-13(12)14(17)15-5-7-18-8-6-15/h1-4,12-13,16H,5-9H2. The maximum absolute atomic E-state index is 12.2. The third-order valence-electron chi connectivity index (χ3n) is 3.75. The fraction of sp³-hybridized carbons (Fsp3) is 0.500. The van der Waals surface area contributed by atoms with Crippen molar-refractivity contribution in [1.82, 2.24) is 4.90 Å². The van der Waals surface area contributed by atoms with Crippen LogP contribution in [0.3, 0.4) is 0 Å². The van der Waals surface area contributed by atoms with Crippen LogP contribution >= 0.6 is 0 Å². The van der Waals surface area contributed by atoms with Crippen molar-refractivity contribution in [2.75, 3.05) is 26.3 Å². The largest absolute Gasteiger partial charge is 0.508 e. The third kappa shape index (κ3) is 2.20. The summed E-state index contributed by atoms with van der Waals surface area (Å²) in [6.45, 7) is 2.75. The Morgan fingerprint density at radius 2 is 1.89 bits per heavy atom. The lowest BCUT2D eigenvalue weighted by atomic mass is 10.1. The number of ether oxygens (including phenoxy) is 1. The molecule has 1 aliphatic carbocycles. The molecule has 4 heteroatoms. The van der Waals surface area contributed by atoms with Gasteiger partial charge in [-0.15, -0.1) is 0 Å². The predicted molar refractivity (Wildman–Crippen MR) is 66.4 cm³/mol. The molecular formula is C14H17NO3. The van der Waals surface area contributed by atoms with Gasteiger partial charge in [0.15, 0.2) is 0 Å². The molecule has 1 saturated carbocycles. The molecule has 1 heterocycles. The van der Waals surface area contributed by atoms with Crippen LogP contribution in [-0.4, -0.2) is 42.2 Å². The van der Waals surface area contributed by atoms with Gasteiger partial charge in [0, 0.05) is 19.0 Å². The van der Waals surface area contributed by atoms with Crippen molar-refractivity contribution >= 4 is 5.91 Å². The highest BCUT2D eigenvalue weighted by Gasteiger charge is 2.45. The Kier molecular flexibility index (Phi) is 2.96. The van der Waals surface area contributed by atoms with Crippen molar-refractivity contribution in [2.24, 2.45) is 5.92 Å². The molecule has 0 radical (unpaired) electrons. The lowest BCUT2D eigenvalue weighted by molar-refractivity contribution is -0.136. The van der Waals surface area contributed by atoms with Crippen LogP contribution in [0.15, 0.2) is 24.3 Å². The Morgan fingerprint density at radius 3 is 2.56 bits per heavy atom. The summed E-state index contributed by atoms with van der Waals surface area (Å²) in [6.07, 6.45) is 0.932. The average Bonchev–Trinajstić information content (AvgIpc) is 3.20. The van der Waals surface area contributed by atoms with Gasteiger partial charge in [0.05, 0.1) is 13.2 Å². The van der Waals surface area contributed by atoms with Gasteiger partial charge in [-0.05, 0) is 30.0 Å². The molecule has 18 heavy (non-hydrogen) atoms. The lowest BCUT2D eigenvalue weighted by Crippen LogP contribution is -2.41. The quantitative estimate of drug-likeness (QED) is 0.858. The van der Waals surface area contributed by atoms with Crippen molar-refractivity contribution in [1.29, 1.82) is 0 Å². The van der Waals surface area contributed by atoms with Crippen LogP contribution in [0.25, 0.3) is 0 Å². The molecule has 1 aromatic rings. The van der Waals surface area contributed by atoms with Crippen molar-refractivity contribution in [2.45, 2.75) is 12.3 Å². The van der Waals surface area contributed by atoms with Crippen molar-refractivity contribution < 1.29 is 14.6 Å². The number of phenols is 1. The third-order valence-corrected chi connectivity index (χ3v) is 3.75. The van der Waals surface area contributed by atoms with Crippen LogP contribution in [0.5, 0.6) is 5.75 Å². The van der Waals surface area contributed by atoms with Crippen LogP contribution in [0.2, 0.25) is 0 Å². The van der Waals surface area contributed by atoms with E-state index >= 15 is 0 Å². The molecular weight excluding hydrogens is 230 g/mol. The summed E-state index contributed by atoms with van der Waals surface area (Å²) >= 11 is 0. The number of hydrogen-bond donors (Lipinski definition) is 1. The molecule has 1 aliphatic heterocycles. The molecule has 4 nitrogen and oxygen atoms in total. The van der Waals surface area contributed by atoms with Gasteiger partial charge >= 0.3 is 0 Å². The number of benzene rings is 1. The number of amides is 1. The van der Waals surface area contributed by atoms with E-state index in [0.29, 0.717) is 19.1 Å². The molecule has 1 N–H and O–H groups in total. The zero-order valence-corrected chi connectivity index (χ0v) is 10.2. The Balaban J connectivity index is 1.63. The summed E-state index contributed by atoms with van der Waals surface area (Å²) in [4.78, 5) is 14.1. The second-order valence-corrected chi connectivity index (χ2v) is 4.98. The summed E-state index contributed by atoms with van der Waals surface area (Å²) < 4.78 is 5.25. The van der Waals surface area contributed by atoms with Crippen LogP contribution in [0.4, 0.5) is 0 Å². The summed E-state index contributed by atoms with van der Waals surface area (Å²) in [6, 6.07) is 7.19. The summed E-state index contributed by atoms with van der Waals surface area (Å²) in [5.74, 6) is 1.00. The van der Waals surface area contributed by atoms with E-state index < -0.39 is 0 Å². The Bertz CT molecular complexity index is 437. The first-order valence-corrected chi connectivity index (χ1v) is 6.41. The lowest BCUT2D eigenvalue weighted by Gasteiger charge is -2.27. The minimum atomic E-state index is 0.132. The first-order valence-electron chi connectivity index (χ1n) is 6.41. The zero-order chi connectivity index (χ0) is 12.5. The van der Waals surface area contributed by atoms with Crippen LogP contribution < -0.4 is 0 Å². The number of hydrogen-bond acceptors (Lipinski definition) is 3. The molecule has 2 aliphatic rings. The van der Waals surface area contributed by atoms with Gasteiger partial charge in [-0.2, -0.15) is 0 Å². The fourth-order valence-electron chi connectivity index (χ4n) is 2.58. The summed E-state index contributed by atoms with van der Waals surface area (Å²) in [7, 11) is 0. The van der Waals surface area contributed by atoms with E-state index in [1.165, 1.54) is 0 Å². The molecule has 2 atom stereocenters. The van der Waals surface area contributed by atoms with E-state index in [-0.39, 0.29) is 17.6 Å². The van der Waals surface area contributed by atoms with Gasteiger partial charge in [-0.3, -0.25) is 4.79 Å². The minimum Gasteiger partial charge on any atom is -0.508 e. The fourth-order valence-corrected chi connectivity index (χ4v) is 2.58. The van der Waals surface area contributed by atoms with Gasteiger partial charge < -0.3 is 14.7 Å². The number of carbonyl (C=O) groups is 1. The SMILES string of the molecule is O=C(C1CC1c1ccc(O)cc1)N1CCOCC1. The van der Waals surface area contributed by atoms with E-state index in [1.807, 2.05) is 17.0 Å². The van der Waals surface area contributed by atoms with E-state index in [4.69, 9.17) is 4.74 Å². The Hall–Kier alpha value is -1.55. The topological polar surface area (TPSA) is 49.8 Å². The maximum Gasteiger partial charge on any atom is 0.226 e. The second-order valence-electron chi connectivity index (χ2n) is 4.98. The first-order chi connectivity index (χ1) is 8.75. The molecule has 1 aromatic carbocycles. The molecule has 3 rings (SSSR count).